The van der Waals surface area contributed by atoms with Crippen molar-refractivity contribution in [3.05, 3.63) is 35.2 Å². The summed E-state index contributed by atoms with van der Waals surface area (Å²) in [6.07, 6.45) is 1.10. The van der Waals surface area contributed by atoms with Gasteiger partial charge in [-0.2, -0.15) is 0 Å². The number of thiophene rings is 1. The average molecular weight is 248 g/mol. The molecule has 0 amide bonds. The Morgan fingerprint density at radius 1 is 1.35 bits per heavy atom. The normalized spacial score (nSPS) is 15.0. The summed E-state index contributed by atoms with van der Waals surface area (Å²) in [4.78, 5) is 0. The van der Waals surface area contributed by atoms with Gasteiger partial charge in [-0.05, 0) is 41.9 Å². The Balaban J connectivity index is 2.42. The molecule has 2 atom stereocenters. The van der Waals surface area contributed by atoms with Crippen molar-refractivity contribution in [3.63, 3.8) is 0 Å². The van der Waals surface area contributed by atoms with Crippen LogP contribution in [0.2, 0.25) is 0 Å². The Morgan fingerprint density at radius 2 is 2.12 bits per heavy atom. The maximum absolute atomic E-state index is 5.87. The monoisotopic (exact) mass is 248 g/mol. The predicted molar refractivity (Wildman–Crippen MR) is 76.5 cm³/mol. The summed E-state index contributed by atoms with van der Waals surface area (Å²) < 4.78 is 1.36. The predicted octanol–water partition coefficient (Wildman–Crippen LogP) is 3.15. The Hall–Kier alpha value is -0.900. The quantitative estimate of drug-likeness (QED) is 0.853. The summed E-state index contributed by atoms with van der Waals surface area (Å²) in [6.45, 7) is 2.93. The van der Waals surface area contributed by atoms with Gasteiger partial charge in [0.15, 0.2) is 0 Å². The van der Waals surface area contributed by atoms with Crippen LogP contribution in [0.15, 0.2) is 29.6 Å². The zero-order valence-corrected chi connectivity index (χ0v) is 11.3. The first kappa shape index (κ1) is 12.6. The van der Waals surface area contributed by atoms with Gasteiger partial charge in [-0.3, -0.25) is 0 Å². The molecule has 0 saturated heterocycles. The summed E-state index contributed by atoms with van der Waals surface area (Å²) in [5.74, 6) is 0.498. The van der Waals surface area contributed by atoms with Gasteiger partial charge in [-0.25, -0.2) is 0 Å². The van der Waals surface area contributed by atoms with Crippen molar-refractivity contribution in [3.8, 4) is 0 Å². The van der Waals surface area contributed by atoms with Crippen LogP contribution in [0.5, 0.6) is 0 Å². The highest BCUT2D eigenvalue weighted by Gasteiger charge is 2.21. The first-order valence-electron chi connectivity index (χ1n) is 6.15. The van der Waals surface area contributed by atoms with Crippen LogP contribution in [0.4, 0.5) is 0 Å². The fourth-order valence-electron chi connectivity index (χ4n) is 2.42. The highest BCUT2D eigenvalue weighted by Crippen LogP contribution is 2.34. The smallest absolute Gasteiger partial charge is 0.0372 e. The fourth-order valence-corrected chi connectivity index (χ4v) is 3.42. The molecule has 92 valence electrons. The highest BCUT2D eigenvalue weighted by atomic mass is 32.1. The third-order valence-corrected chi connectivity index (χ3v) is 4.44. The van der Waals surface area contributed by atoms with Gasteiger partial charge in [0, 0.05) is 10.7 Å². The molecule has 1 aromatic carbocycles. The van der Waals surface area contributed by atoms with Gasteiger partial charge < -0.3 is 11.1 Å². The van der Waals surface area contributed by atoms with Crippen LogP contribution in [0.3, 0.4) is 0 Å². The van der Waals surface area contributed by atoms with E-state index in [-0.39, 0.29) is 0 Å². The van der Waals surface area contributed by atoms with Crippen molar-refractivity contribution in [1.29, 1.82) is 0 Å². The first-order valence-corrected chi connectivity index (χ1v) is 7.03. The molecule has 3 N–H and O–H groups in total. The molecule has 0 aliphatic carbocycles. The van der Waals surface area contributed by atoms with Crippen LogP contribution < -0.4 is 11.1 Å². The molecule has 2 aromatic rings. The van der Waals surface area contributed by atoms with Gasteiger partial charge in [0.2, 0.25) is 0 Å². The second kappa shape index (κ2) is 5.63. The topological polar surface area (TPSA) is 38.0 Å². The van der Waals surface area contributed by atoms with Crippen LogP contribution in [0, 0.1) is 5.92 Å². The minimum atomic E-state index is 0.362. The molecule has 0 spiro atoms. The minimum absolute atomic E-state index is 0.362. The van der Waals surface area contributed by atoms with Crippen LogP contribution in [0.1, 0.15) is 24.9 Å². The molecule has 2 unspecified atom stereocenters. The molecule has 3 heteroatoms. The standard InChI is InChI=1S/C14H20N2S/c1-3-10(8-15)14(16-2)12-9-17-13-7-5-4-6-11(12)13/h4-7,9-10,14,16H,3,8,15H2,1-2H3. The lowest BCUT2D eigenvalue weighted by Crippen LogP contribution is -2.29. The van der Waals surface area contributed by atoms with E-state index in [1.807, 2.05) is 18.4 Å². The van der Waals surface area contributed by atoms with E-state index in [1.165, 1.54) is 15.6 Å². The molecule has 2 nitrogen and oxygen atoms in total. The molecule has 0 aliphatic rings. The SMILES string of the molecule is CCC(CN)C(NC)c1csc2ccccc12. The Bertz CT molecular complexity index is 474. The number of nitrogens with one attached hydrogen (secondary N) is 1. The maximum Gasteiger partial charge on any atom is 0.0372 e. The molecule has 0 aliphatic heterocycles. The number of hydrogen-bond donors (Lipinski definition) is 2. The van der Waals surface area contributed by atoms with E-state index < -0.39 is 0 Å². The summed E-state index contributed by atoms with van der Waals surface area (Å²) in [6, 6.07) is 8.95. The highest BCUT2D eigenvalue weighted by molar-refractivity contribution is 7.17. The molecule has 1 aromatic heterocycles. The second-order valence-electron chi connectivity index (χ2n) is 4.36. The van der Waals surface area contributed by atoms with Crippen molar-refractivity contribution in [1.82, 2.24) is 5.32 Å². The molecule has 0 bridgehead atoms. The number of nitrogens with two attached hydrogens (primary N) is 1. The molecule has 0 fully saturated rings. The van der Waals surface area contributed by atoms with Crippen molar-refractivity contribution in [2.75, 3.05) is 13.6 Å². The van der Waals surface area contributed by atoms with E-state index >= 15 is 0 Å². The van der Waals surface area contributed by atoms with E-state index in [0.717, 1.165) is 13.0 Å². The van der Waals surface area contributed by atoms with Crippen molar-refractivity contribution >= 4 is 21.4 Å². The Labute approximate surface area is 107 Å². The number of fused-ring (bicyclic) bond motifs is 1. The summed E-state index contributed by atoms with van der Waals surface area (Å²) in [5.41, 5.74) is 7.27. The maximum atomic E-state index is 5.87. The van der Waals surface area contributed by atoms with Crippen molar-refractivity contribution in [2.45, 2.75) is 19.4 Å². The van der Waals surface area contributed by atoms with Gasteiger partial charge in [0.25, 0.3) is 0 Å². The molecule has 17 heavy (non-hydrogen) atoms. The first-order chi connectivity index (χ1) is 8.31. The molecular weight excluding hydrogens is 228 g/mol. The third kappa shape index (κ3) is 2.37. The molecule has 2 rings (SSSR count). The van der Waals surface area contributed by atoms with Crippen molar-refractivity contribution in [2.24, 2.45) is 11.7 Å². The summed E-state index contributed by atoms with van der Waals surface area (Å²) in [7, 11) is 2.02. The third-order valence-electron chi connectivity index (χ3n) is 3.46. The van der Waals surface area contributed by atoms with Crippen LogP contribution in [0.25, 0.3) is 10.1 Å². The summed E-state index contributed by atoms with van der Waals surface area (Å²) >= 11 is 1.82. The van der Waals surface area contributed by atoms with Gasteiger partial charge in [0.05, 0.1) is 0 Å². The minimum Gasteiger partial charge on any atom is -0.330 e. The molecule has 1 heterocycles. The molecular formula is C14H20N2S. The number of hydrogen-bond acceptors (Lipinski definition) is 3. The van der Waals surface area contributed by atoms with E-state index in [1.54, 1.807) is 0 Å². The van der Waals surface area contributed by atoms with Gasteiger partial charge in [-0.15, -0.1) is 11.3 Å². The number of rotatable bonds is 5. The zero-order valence-electron chi connectivity index (χ0n) is 10.4. The molecule has 0 saturated carbocycles. The number of benzene rings is 1. The van der Waals surface area contributed by atoms with E-state index in [0.29, 0.717) is 12.0 Å². The van der Waals surface area contributed by atoms with Gasteiger partial charge >= 0.3 is 0 Å². The lowest BCUT2D eigenvalue weighted by atomic mass is 9.91. The van der Waals surface area contributed by atoms with Crippen molar-refractivity contribution < 1.29 is 0 Å². The van der Waals surface area contributed by atoms with Crippen LogP contribution in [-0.4, -0.2) is 13.6 Å². The van der Waals surface area contributed by atoms with Crippen LogP contribution >= 0.6 is 11.3 Å². The summed E-state index contributed by atoms with van der Waals surface area (Å²) in [5, 5.41) is 7.06. The average Bonchev–Trinajstić information content (AvgIpc) is 2.79. The van der Waals surface area contributed by atoms with Gasteiger partial charge in [0.1, 0.15) is 0 Å². The Morgan fingerprint density at radius 3 is 2.76 bits per heavy atom. The second-order valence-corrected chi connectivity index (χ2v) is 5.27. The lowest BCUT2D eigenvalue weighted by molar-refractivity contribution is 0.381. The Kier molecular flexibility index (Phi) is 4.15. The van der Waals surface area contributed by atoms with Crippen LogP contribution in [-0.2, 0) is 0 Å². The molecule has 0 radical (unpaired) electrons. The van der Waals surface area contributed by atoms with E-state index in [4.69, 9.17) is 5.73 Å². The largest absolute Gasteiger partial charge is 0.330 e. The van der Waals surface area contributed by atoms with E-state index in [2.05, 4.69) is 41.9 Å². The fraction of sp³-hybridized carbons (Fsp3) is 0.429. The lowest BCUT2D eigenvalue weighted by Gasteiger charge is -2.24. The van der Waals surface area contributed by atoms with Gasteiger partial charge in [-0.1, -0.05) is 31.5 Å². The zero-order chi connectivity index (χ0) is 12.3. The van der Waals surface area contributed by atoms with E-state index in [9.17, 15) is 0 Å².